The Morgan fingerprint density at radius 3 is 2.77 bits per heavy atom. The van der Waals surface area contributed by atoms with E-state index in [1.807, 2.05) is 37.4 Å². The molecule has 0 fully saturated rings. The molecule has 0 aliphatic carbocycles. The second kappa shape index (κ2) is 6.80. The van der Waals surface area contributed by atoms with E-state index in [1.54, 1.807) is 19.4 Å². The molecule has 0 saturated carbocycles. The molecule has 0 radical (unpaired) electrons. The first-order valence-electron chi connectivity index (χ1n) is 8.31. The van der Waals surface area contributed by atoms with Crippen LogP contribution in [0.4, 0.5) is 23.1 Å². The number of aryl methyl sites for hydroxylation is 1. The number of fused-ring (bicyclic) bond motifs is 1. The standard InChI is InChI=1S/C19H18ClN5O/c1-12-9-15(26-2)4-5-16(12)23-19-22-10-13-7-8-25(18(13)24-19)14-3-6-17(20)21-11-14/h3-6,9-11H,7-8H2,1-2H3,(H,22,23,24). The highest BCUT2D eigenvalue weighted by Gasteiger charge is 2.23. The topological polar surface area (TPSA) is 63.2 Å². The van der Waals surface area contributed by atoms with Crippen molar-refractivity contribution in [3.05, 3.63) is 59.0 Å². The SMILES string of the molecule is COc1ccc(Nc2ncc3c(n2)N(c2ccc(Cl)nc2)CC3)c(C)c1. The molecule has 26 heavy (non-hydrogen) atoms. The van der Waals surface area contributed by atoms with Gasteiger partial charge in [0.05, 0.1) is 19.0 Å². The molecule has 1 aliphatic heterocycles. The zero-order chi connectivity index (χ0) is 18.1. The smallest absolute Gasteiger partial charge is 0.229 e. The molecule has 1 aliphatic rings. The van der Waals surface area contributed by atoms with Crippen molar-refractivity contribution in [3.63, 3.8) is 0 Å². The molecule has 4 rings (SSSR count). The van der Waals surface area contributed by atoms with Crippen LogP contribution in [-0.4, -0.2) is 28.6 Å². The van der Waals surface area contributed by atoms with Gasteiger partial charge in [0.1, 0.15) is 16.7 Å². The fourth-order valence-electron chi connectivity index (χ4n) is 3.01. The Balaban J connectivity index is 1.62. The lowest BCUT2D eigenvalue weighted by atomic mass is 10.2. The van der Waals surface area contributed by atoms with Crippen LogP contribution in [0.15, 0.2) is 42.7 Å². The van der Waals surface area contributed by atoms with Crippen molar-refractivity contribution in [1.29, 1.82) is 0 Å². The monoisotopic (exact) mass is 367 g/mol. The van der Waals surface area contributed by atoms with E-state index in [2.05, 4.69) is 20.2 Å². The summed E-state index contributed by atoms with van der Waals surface area (Å²) in [7, 11) is 1.66. The molecular formula is C19H18ClN5O. The summed E-state index contributed by atoms with van der Waals surface area (Å²) in [5.74, 6) is 2.29. The summed E-state index contributed by atoms with van der Waals surface area (Å²) in [5, 5.41) is 3.77. The third-order valence-corrected chi connectivity index (χ3v) is 4.63. The van der Waals surface area contributed by atoms with Crippen LogP contribution in [0.1, 0.15) is 11.1 Å². The summed E-state index contributed by atoms with van der Waals surface area (Å²) in [6.45, 7) is 2.86. The van der Waals surface area contributed by atoms with Crippen molar-refractivity contribution >= 4 is 34.7 Å². The van der Waals surface area contributed by atoms with Crippen molar-refractivity contribution in [2.75, 3.05) is 23.9 Å². The van der Waals surface area contributed by atoms with Crippen molar-refractivity contribution in [1.82, 2.24) is 15.0 Å². The number of nitrogens with one attached hydrogen (secondary N) is 1. The molecular weight excluding hydrogens is 350 g/mol. The average Bonchev–Trinajstić information content (AvgIpc) is 3.07. The van der Waals surface area contributed by atoms with Gasteiger partial charge in [-0.2, -0.15) is 4.98 Å². The molecule has 3 aromatic rings. The number of benzene rings is 1. The molecule has 0 atom stereocenters. The lowest BCUT2D eigenvalue weighted by molar-refractivity contribution is 0.414. The third-order valence-electron chi connectivity index (χ3n) is 4.41. The normalized spacial score (nSPS) is 12.8. The Morgan fingerprint density at radius 2 is 2.04 bits per heavy atom. The van der Waals surface area contributed by atoms with Gasteiger partial charge in [0.2, 0.25) is 5.95 Å². The number of hydrogen-bond acceptors (Lipinski definition) is 6. The van der Waals surface area contributed by atoms with Gasteiger partial charge in [-0.15, -0.1) is 0 Å². The second-order valence-corrected chi connectivity index (χ2v) is 6.48. The maximum absolute atomic E-state index is 5.90. The second-order valence-electron chi connectivity index (χ2n) is 6.09. The van der Waals surface area contributed by atoms with Crippen LogP contribution >= 0.6 is 11.6 Å². The first-order chi connectivity index (χ1) is 12.6. The van der Waals surface area contributed by atoms with Gasteiger partial charge in [0, 0.05) is 24.0 Å². The Bertz CT molecular complexity index is 945. The predicted molar refractivity (Wildman–Crippen MR) is 103 cm³/mol. The zero-order valence-electron chi connectivity index (χ0n) is 14.5. The van der Waals surface area contributed by atoms with Gasteiger partial charge >= 0.3 is 0 Å². The molecule has 0 spiro atoms. The molecule has 1 N–H and O–H groups in total. The van der Waals surface area contributed by atoms with Gasteiger partial charge in [0.15, 0.2) is 0 Å². The summed E-state index contributed by atoms with van der Waals surface area (Å²) in [6, 6.07) is 9.59. The predicted octanol–water partition coefficient (Wildman–Crippen LogP) is 4.28. The number of aromatic nitrogens is 3. The van der Waals surface area contributed by atoms with E-state index in [0.29, 0.717) is 11.1 Å². The maximum atomic E-state index is 5.90. The summed E-state index contributed by atoms with van der Waals surface area (Å²) >= 11 is 5.90. The number of nitrogens with zero attached hydrogens (tertiary/aromatic N) is 4. The van der Waals surface area contributed by atoms with Gasteiger partial charge in [-0.3, -0.25) is 0 Å². The Hall–Kier alpha value is -2.86. The molecule has 132 valence electrons. The van der Waals surface area contributed by atoms with Crippen molar-refractivity contribution in [3.8, 4) is 5.75 Å². The molecule has 6 nitrogen and oxygen atoms in total. The number of anilines is 4. The number of methoxy groups -OCH3 is 1. The minimum absolute atomic E-state index is 0.480. The summed E-state index contributed by atoms with van der Waals surface area (Å²) in [5.41, 5.74) is 4.10. The first kappa shape index (κ1) is 16.6. The van der Waals surface area contributed by atoms with E-state index in [0.717, 1.165) is 47.0 Å². The van der Waals surface area contributed by atoms with E-state index < -0.39 is 0 Å². The first-order valence-corrected chi connectivity index (χ1v) is 8.68. The quantitative estimate of drug-likeness (QED) is 0.694. The Kier molecular flexibility index (Phi) is 4.34. The number of ether oxygens (including phenoxy) is 1. The van der Waals surface area contributed by atoms with Crippen LogP contribution < -0.4 is 15.0 Å². The van der Waals surface area contributed by atoms with E-state index in [1.165, 1.54) is 0 Å². The molecule has 0 amide bonds. The molecule has 1 aromatic carbocycles. The summed E-state index contributed by atoms with van der Waals surface area (Å²) in [6.07, 6.45) is 4.55. The van der Waals surface area contributed by atoms with Crippen LogP contribution in [0.25, 0.3) is 0 Å². The molecule has 3 heterocycles. The number of pyridine rings is 1. The van der Waals surface area contributed by atoms with Crippen LogP contribution in [0, 0.1) is 6.92 Å². The lowest BCUT2D eigenvalue weighted by Crippen LogP contribution is -2.15. The van der Waals surface area contributed by atoms with E-state index in [9.17, 15) is 0 Å². The van der Waals surface area contributed by atoms with Gasteiger partial charge < -0.3 is 15.0 Å². The highest BCUT2D eigenvalue weighted by atomic mass is 35.5. The maximum Gasteiger partial charge on any atom is 0.229 e. The van der Waals surface area contributed by atoms with Crippen molar-refractivity contribution < 1.29 is 4.74 Å². The van der Waals surface area contributed by atoms with Gasteiger partial charge in [-0.05, 0) is 49.2 Å². The number of rotatable bonds is 4. The Labute approximate surface area is 156 Å². The van der Waals surface area contributed by atoms with Crippen molar-refractivity contribution in [2.45, 2.75) is 13.3 Å². The molecule has 0 saturated heterocycles. The van der Waals surface area contributed by atoms with E-state index >= 15 is 0 Å². The number of halogens is 1. The fourth-order valence-corrected chi connectivity index (χ4v) is 3.12. The minimum atomic E-state index is 0.480. The largest absolute Gasteiger partial charge is 0.497 e. The van der Waals surface area contributed by atoms with Crippen LogP contribution in [0.2, 0.25) is 5.15 Å². The number of hydrogen-bond donors (Lipinski definition) is 1. The minimum Gasteiger partial charge on any atom is -0.497 e. The Morgan fingerprint density at radius 1 is 1.15 bits per heavy atom. The van der Waals surface area contributed by atoms with E-state index in [-0.39, 0.29) is 0 Å². The van der Waals surface area contributed by atoms with Crippen LogP contribution in [0.3, 0.4) is 0 Å². The molecule has 2 aromatic heterocycles. The zero-order valence-corrected chi connectivity index (χ0v) is 15.3. The van der Waals surface area contributed by atoms with Crippen molar-refractivity contribution in [2.24, 2.45) is 0 Å². The molecule has 0 unspecified atom stereocenters. The van der Waals surface area contributed by atoms with Gasteiger partial charge in [-0.1, -0.05) is 11.6 Å². The van der Waals surface area contributed by atoms with Gasteiger partial charge in [-0.25, -0.2) is 9.97 Å². The highest BCUT2D eigenvalue weighted by Crippen LogP contribution is 2.33. The fraction of sp³-hybridized carbons (Fsp3) is 0.211. The van der Waals surface area contributed by atoms with E-state index in [4.69, 9.17) is 21.3 Å². The molecule has 7 heteroatoms. The lowest BCUT2D eigenvalue weighted by Gasteiger charge is -2.18. The van der Waals surface area contributed by atoms with Gasteiger partial charge in [0.25, 0.3) is 0 Å². The third kappa shape index (κ3) is 3.15. The average molecular weight is 368 g/mol. The highest BCUT2D eigenvalue weighted by molar-refractivity contribution is 6.29. The molecule has 0 bridgehead atoms. The summed E-state index contributed by atoms with van der Waals surface area (Å²) in [4.78, 5) is 15.5. The van der Waals surface area contributed by atoms with Crippen LogP contribution in [-0.2, 0) is 6.42 Å². The summed E-state index contributed by atoms with van der Waals surface area (Å²) < 4.78 is 5.25. The van der Waals surface area contributed by atoms with Crippen LogP contribution in [0.5, 0.6) is 5.75 Å².